The molecule has 1 saturated carbocycles. The van der Waals surface area contributed by atoms with Gasteiger partial charge in [0.2, 0.25) is 0 Å². The molecule has 0 N–H and O–H groups in total. The zero-order valence-corrected chi connectivity index (χ0v) is 13.1. The monoisotopic (exact) mass is 315 g/mol. The molecule has 114 valence electrons. The second-order valence-corrected chi connectivity index (χ2v) is 7.05. The number of rotatable bonds is 4. The summed E-state index contributed by atoms with van der Waals surface area (Å²) in [6, 6.07) is 10.1. The van der Waals surface area contributed by atoms with Crippen molar-refractivity contribution in [2.45, 2.75) is 48.6 Å². The fourth-order valence-electron chi connectivity index (χ4n) is 2.73. The highest BCUT2D eigenvalue weighted by Gasteiger charge is 2.36. The van der Waals surface area contributed by atoms with E-state index >= 15 is 0 Å². The zero-order valence-electron chi connectivity index (χ0n) is 12.3. The normalized spacial score (nSPS) is 24.5. The molecule has 6 heteroatoms. The van der Waals surface area contributed by atoms with Gasteiger partial charge in [-0.05, 0) is 31.9 Å². The maximum Gasteiger partial charge on any atom is 0.319 e. The van der Waals surface area contributed by atoms with E-state index in [-0.39, 0.29) is 17.3 Å². The molecular formula is C16H17N3O2S. The number of para-hydroxylation sites is 1. The molecule has 4 rings (SSSR count). The Morgan fingerprint density at radius 3 is 2.64 bits per heavy atom. The van der Waals surface area contributed by atoms with Crippen LogP contribution in [0.15, 0.2) is 35.5 Å². The molecule has 22 heavy (non-hydrogen) atoms. The number of esters is 1. The first kappa shape index (κ1) is 13.8. The van der Waals surface area contributed by atoms with Crippen LogP contribution in [0.4, 0.5) is 0 Å². The maximum atomic E-state index is 11.9. The summed E-state index contributed by atoms with van der Waals surface area (Å²) in [4.78, 5) is 11.9. The van der Waals surface area contributed by atoms with Gasteiger partial charge in [-0.1, -0.05) is 30.0 Å². The summed E-state index contributed by atoms with van der Waals surface area (Å²) in [7, 11) is 0. The van der Waals surface area contributed by atoms with Gasteiger partial charge in [-0.2, -0.15) is 0 Å². The van der Waals surface area contributed by atoms with Crippen molar-refractivity contribution in [2.24, 2.45) is 0 Å². The molecule has 0 amide bonds. The van der Waals surface area contributed by atoms with Crippen LogP contribution in [0.25, 0.3) is 5.69 Å². The number of cyclic esters (lactones) is 1. The standard InChI is InChI=1S/C16H17N3O2S/c1-10-9-13(15(20)21-10)22-16-18-17-14(11-7-8-11)19(16)12-5-3-2-4-6-12/h2-6,10-11,13H,7-9H2,1H3/t10-,13-/m0/s1. The number of aromatic nitrogens is 3. The average molecular weight is 315 g/mol. The van der Waals surface area contributed by atoms with Crippen LogP contribution < -0.4 is 0 Å². The Morgan fingerprint density at radius 1 is 1.23 bits per heavy atom. The topological polar surface area (TPSA) is 57.0 Å². The van der Waals surface area contributed by atoms with E-state index < -0.39 is 0 Å². The summed E-state index contributed by atoms with van der Waals surface area (Å²) in [5.41, 5.74) is 1.05. The molecule has 2 aromatic rings. The van der Waals surface area contributed by atoms with E-state index in [4.69, 9.17) is 4.74 Å². The van der Waals surface area contributed by atoms with E-state index in [9.17, 15) is 4.79 Å². The van der Waals surface area contributed by atoms with Gasteiger partial charge in [0, 0.05) is 18.0 Å². The minimum Gasteiger partial charge on any atom is -0.462 e. The molecule has 1 aromatic carbocycles. The zero-order chi connectivity index (χ0) is 15.1. The first-order valence-corrected chi connectivity index (χ1v) is 8.48. The molecule has 1 aliphatic heterocycles. The number of thioether (sulfide) groups is 1. The molecule has 2 atom stereocenters. The van der Waals surface area contributed by atoms with Crippen molar-refractivity contribution >= 4 is 17.7 Å². The highest BCUT2D eigenvalue weighted by molar-refractivity contribution is 8.00. The van der Waals surface area contributed by atoms with Crippen molar-refractivity contribution < 1.29 is 9.53 Å². The second-order valence-electron chi connectivity index (χ2n) is 5.88. The number of carbonyl (C=O) groups excluding carboxylic acids is 1. The first-order valence-electron chi connectivity index (χ1n) is 7.60. The number of nitrogens with zero attached hydrogens (tertiary/aromatic N) is 3. The molecule has 1 aliphatic carbocycles. The molecule has 1 aromatic heterocycles. The van der Waals surface area contributed by atoms with Crippen molar-refractivity contribution in [3.63, 3.8) is 0 Å². The van der Waals surface area contributed by atoms with E-state index in [2.05, 4.69) is 26.9 Å². The number of benzene rings is 1. The van der Waals surface area contributed by atoms with E-state index in [0.29, 0.717) is 5.92 Å². The summed E-state index contributed by atoms with van der Waals surface area (Å²) < 4.78 is 7.34. The average Bonchev–Trinajstić information content (AvgIpc) is 3.20. The van der Waals surface area contributed by atoms with Crippen LogP contribution in [0, 0.1) is 0 Å². The lowest BCUT2D eigenvalue weighted by atomic mass is 10.3. The molecule has 2 aliphatic rings. The summed E-state index contributed by atoms with van der Waals surface area (Å²) in [5, 5.41) is 9.32. The number of hydrogen-bond donors (Lipinski definition) is 0. The lowest BCUT2D eigenvalue weighted by Gasteiger charge is -2.11. The third-order valence-corrected chi connectivity index (χ3v) is 5.13. The lowest BCUT2D eigenvalue weighted by Crippen LogP contribution is -2.11. The van der Waals surface area contributed by atoms with Gasteiger partial charge in [0.05, 0.1) is 0 Å². The van der Waals surface area contributed by atoms with Gasteiger partial charge in [0.15, 0.2) is 5.16 Å². The summed E-state index contributed by atoms with van der Waals surface area (Å²) in [6.07, 6.45) is 3.04. The van der Waals surface area contributed by atoms with Crippen molar-refractivity contribution in [1.29, 1.82) is 0 Å². The van der Waals surface area contributed by atoms with Crippen LogP contribution in [0.2, 0.25) is 0 Å². The summed E-state index contributed by atoms with van der Waals surface area (Å²) in [6.45, 7) is 1.93. The minimum atomic E-state index is -0.186. The van der Waals surface area contributed by atoms with Crippen LogP contribution in [-0.2, 0) is 9.53 Å². The van der Waals surface area contributed by atoms with E-state index in [1.807, 2.05) is 25.1 Å². The third kappa shape index (κ3) is 2.52. The summed E-state index contributed by atoms with van der Waals surface area (Å²) >= 11 is 1.47. The van der Waals surface area contributed by atoms with E-state index in [1.165, 1.54) is 11.8 Å². The minimum absolute atomic E-state index is 0.0130. The lowest BCUT2D eigenvalue weighted by molar-refractivity contribution is -0.140. The molecule has 0 spiro atoms. The molecule has 2 fully saturated rings. The van der Waals surface area contributed by atoms with Crippen LogP contribution in [0.5, 0.6) is 0 Å². The fourth-order valence-corrected chi connectivity index (χ4v) is 3.89. The molecule has 1 saturated heterocycles. The van der Waals surface area contributed by atoms with Crippen molar-refractivity contribution in [1.82, 2.24) is 14.8 Å². The van der Waals surface area contributed by atoms with Gasteiger partial charge in [-0.3, -0.25) is 9.36 Å². The van der Waals surface area contributed by atoms with Gasteiger partial charge in [0.1, 0.15) is 17.2 Å². The number of carbonyl (C=O) groups is 1. The highest BCUT2D eigenvalue weighted by atomic mass is 32.2. The van der Waals surface area contributed by atoms with Gasteiger partial charge < -0.3 is 4.74 Å². The number of hydrogen-bond acceptors (Lipinski definition) is 5. The Balaban J connectivity index is 1.69. The van der Waals surface area contributed by atoms with Crippen LogP contribution in [0.3, 0.4) is 0 Å². The van der Waals surface area contributed by atoms with Gasteiger partial charge in [-0.15, -0.1) is 10.2 Å². The predicted octanol–water partition coefficient (Wildman–Crippen LogP) is 2.94. The van der Waals surface area contributed by atoms with Gasteiger partial charge in [-0.25, -0.2) is 0 Å². The maximum absolute atomic E-state index is 11.9. The van der Waals surface area contributed by atoms with E-state index in [0.717, 1.165) is 35.9 Å². The first-order chi connectivity index (χ1) is 10.7. The van der Waals surface area contributed by atoms with E-state index in [1.54, 1.807) is 0 Å². The second kappa shape index (κ2) is 5.43. The fraction of sp³-hybridized carbons (Fsp3) is 0.438. The predicted molar refractivity (Wildman–Crippen MR) is 83.2 cm³/mol. The summed E-state index contributed by atoms with van der Waals surface area (Å²) in [5.74, 6) is 1.36. The molecular weight excluding hydrogens is 298 g/mol. The SMILES string of the molecule is C[C@H]1C[C@H](Sc2nnc(C3CC3)n2-c2ccccc2)C(=O)O1. The smallest absolute Gasteiger partial charge is 0.319 e. The van der Waals surface area contributed by atoms with Crippen molar-refractivity contribution in [3.8, 4) is 5.69 Å². The van der Waals surface area contributed by atoms with Crippen LogP contribution in [0.1, 0.15) is 37.9 Å². The molecule has 0 unspecified atom stereocenters. The Kier molecular flexibility index (Phi) is 3.41. The Bertz CT molecular complexity index is 697. The third-order valence-electron chi connectivity index (χ3n) is 3.99. The van der Waals surface area contributed by atoms with Crippen molar-refractivity contribution in [3.05, 3.63) is 36.2 Å². The highest BCUT2D eigenvalue weighted by Crippen LogP contribution is 2.42. The van der Waals surface area contributed by atoms with Gasteiger partial charge >= 0.3 is 5.97 Å². The number of ether oxygens (including phenoxy) is 1. The van der Waals surface area contributed by atoms with Gasteiger partial charge in [0.25, 0.3) is 0 Å². The molecule has 5 nitrogen and oxygen atoms in total. The molecule has 2 heterocycles. The quantitative estimate of drug-likeness (QED) is 0.812. The Hall–Kier alpha value is -1.82. The molecule has 0 bridgehead atoms. The van der Waals surface area contributed by atoms with Crippen molar-refractivity contribution in [2.75, 3.05) is 0 Å². The molecule has 0 radical (unpaired) electrons. The van der Waals surface area contributed by atoms with Crippen LogP contribution in [-0.4, -0.2) is 32.1 Å². The Morgan fingerprint density at radius 2 is 2.00 bits per heavy atom. The Labute approximate surface area is 133 Å². The van der Waals surface area contributed by atoms with Crippen LogP contribution >= 0.6 is 11.8 Å². The largest absolute Gasteiger partial charge is 0.462 e.